The first-order valence-electron chi connectivity index (χ1n) is 8.61. The summed E-state index contributed by atoms with van der Waals surface area (Å²) < 4.78 is 9.80. The highest BCUT2D eigenvalue weighted by Gasteiger charge is 2.08. The highest BCUT2D eigenvalue weighted by atomic mass is 16.5. The summed E-state index contributed by atoms with van der Waals surface area (Å²) in [7, 11) is 0. The van der Waals surface area contributed by atoms with E-state index in [0.29, 0.717) is 30.2 Å². The number of amides is 2. The van der Waals surface area contributed by atoms with Crippen molar-refractivity contribution >= 4 is 29.3 Å². The monoisotopic (exact) mass is 370 g/mol. The molecular formula is C20H22N2O5. The van der Waals surface area contributed by atoms with Crippen molar-refractivity contribution in [2.75, 3.05) is 23.8 Å². The summed E-state index contributed by atoms with van der Waals surface area (Å²) in [6, 6.07) is 12.9. The number of hydrogen-bond acceptors (Lipinski definition) is 5. The number of anilines is 2. The number of rotatable bonds is 7. The number of hydrogen-bond donors (Lipinski definition) is 2. The van der Waals surface area contributed by atoms with Gasteiger partial charge in [-0.1, -0.05) is 12.1 Å². The maximum absolute atomic E-state index is 12.1. The molecule has 2 amide bonds. The number of urea groups is 1. The van der Waals surface area contributed by atoms with E-state index in [1.54, 1.807) is 62.4 Å². The Bertz CT molecular complexity index is 785. The van der Waals surface area contributed by atoms with Crippen molar-refractivity contribution in [2.24, 2.45) is 0 Å². The van der Waals surface area contributed by atoms with E-state index in [-0.39, 0.29) is 12.4 Å². The summed E-state index contributed by atoms with van der Waals surface area (Å²) in [4.78, 5) is 35.1. The molecule has 0 saturated heterocycles. The number of carbonyl (C=O) groups excluding carboxylic acids is 3. The minimum Gasteiger partial charge on any atom is -0.466 e. The van der Waals surface area contributed by atoms with Gasteiger partial charge in [0.25, 0.3) is 0 Å². The van der Waals surface area contributed by atoms with Gasteiger partial charge in [-0.25, -0.2) is 9.59 Å². The van der Waals surface area contributed by atoms with Gasteiger partial charge < -0.3 is 20.1 Å². The van der Waals surface area contributed by atoms with Crippen molar-refractivity contribution in [1.29, 1.82) is 0 Å². The van der Waals surface area contributed by atoms with Gasteiger partial charge >= 0.3 is 18.0 Å². The van der Waals surface area contributed by atoms with E-state index in [1.807, 2.05) is 0 Å². The zero-order chi connectivity index (χ0) is 19.6. The molecule has 0 aliphatic carbocycles. The minimum atomic E-state index is -0.419. The van der Waals surface area contributed by atoms with E-state index >= 15 is 0 Å². The molecule has 0 saturated carbocycles. The van der Waals surface area contributed by atoms with Crippen LogP contribution >= 0.6 is 0 Å². The molecule has 0 heterocycles. The topological polar surface area (TPSA) is 93.7 Å². The lowest BCUT2D eigenvalue weighted by Gasteiger charge is -2.09. The van der Waals surface area contributed by atoms with Crippen molar-refractivity contribution in [3.8, 4) is 0 Å². The first-order valence-corrected chi connectivity index (χ1v) is 8.61. The fraction of sp³-hybridized carbons (Fsp3) is 0.250. The SMILES string of the molecule is CCOC(=O)Cc1ccc(NC(=O)Nc2ccc(C(=O)OCC)cc2)cc1. The van der Waals surface area contributed by atoms with E-state index in [9.17, 15) is 14.4 Å². The van der Waals surface area contributed by atoms with Crippen LogP contribution in [0.15, 0.2) is 48.5 Å². The van der Waals surface area contributed by atoms with Crippen molar-refractivity contribution in [2.45, 2.75) is 20.3 Å². The Hall–Kier alpha value is -3.35. The Balaban J connectivity index is 1.88. The Morgan fingerprint density at radius 2 is 1.30 bits per heavy atom. The van der Waals surface area contributed by atoms with Crippen LogP contribution in [0.4, 0.5) is 16.2 Å². The van der Waals surface area contributed by atoms with E-state index < -0.39 is 12.0 Å². The molecule has 27 heavy (non-hydrogen) atoms. The third-order valence-electron chi connectivity index (χ3n) is 3.52. The fourth-order valence-corrected chi connectivity index (χ4v) is 2.28. The van der Waals surface area contributed by atoms with Crippen LogP contribution in [0, 0.1) is 0 Å². The van der Waals surface area contributed by atoms with Gasteiger partial charge in [-0.05, 0) is 55.8 Å². The summed E-state index contributed by atoms with van der Waals surface area (Å²) in [5.74, 6) is -0.696. The summed E-state index contributed by atoms with van der Waals surface area (Å²) in [5.41, 5.74) is 2.34. The molecule has 0 atom stereocenters. The fourth-order valence-electron chi connectivity index (χ4n) is 2.28. The molecule has 2 aromatic rings. The van der Waals surface area contributed by atoms with Crippen LogP contribution < -0.4 is 10.6 Å². The molecule has 0 radical (unpaired) electrons. The summed E-state index contributed by atoms with van der Waals surface area (Å²) in [6.07, 6.45) is 0.188. The van der Waals surface area contributed by atoms with Gasteiger partial charge in [0.1, 0.15) is 0 Å². The van der Waals surface area contributed by atoms with Gasteiger partial charge in [-0.15, -0.1) is 0 Å². The van der Waals surface area contributed by atoms with Crippen LogP contribution in [0.25, 0.3) is 0 Å². The van der Waals surface area contributed by atoms with E-state index in [1.165, 1.54) is 0 Å². The normalized spacial score (nSPS) is 10.0. The molecule has 2 N–H and O–H groups in total. The maximum Gasteiger partial charge on any atom is 0.338 e. The lowest BCUT2D eigenvalue weighted by molar-refractivity contribution is -0.142. The Labute approximate surface area is 157 Å². The van der Waals surface area contributed by atoms with E-state index in [0.717, 1.165) is 5.56 Å². The summed E-state index contributed by atoms with van der Waals surface area (Å²) in [6.45, 7) is 4.15. The number of nitrogens with one attached hydrogen (secondary N) is 2. The van der Waals surface area contributed by atoms with Gasteiger partial charge in [-0.2, -0.15) is 0 Å². The highest BCUT2D eigenvalue weighted by molar-refractivity contribution is 6.00. The molecule has 142 valence electrons. The average Bonchev–Trinajstić information content (AvgIpc) is 2.64. The molecule has 0 aliphatic heterocycles. The Kier molecular flexibility index (Phi) is 7.37. The van der Waals surface area contributed by atoms with Crippen LogP contribution in [-0.4, -0.2) is 31.2 Å². The molecule has 0 aliphatic rings. The Morgan fingerprint density at radius 1 is 0.778 bits per heavy atom. The van der Waals surface area contributed by atoms with Crippen LogP contribution in [0.3, 0.4) is 0 Å². The Morgan fingerprint density at radius 3 is 1.81 bits per heavy atom. The second-order valence-corrected chi connectivity index (χ2v) is 5.56. The average molecular weight is 370 g/mol. The van der Waals surface area contributed by atoms with Gasteiger partial charge in [-0.3, -0.25) is 4.79 Å². The van der Waals surface area contributed by atoms with Crippen molar-refractivity contribution in [3.63, 3.8) is 0 Å². The first-order chi connectivity index (χ1) is 13.0. The molecule has 0 spiro atoms. The van der Waals surface area contributed by atoms with Crippen LogP contribution in [0.5, 0.6) is 0 Å². The van der Waals surface area contributed by atoms with Gasteiger partial charge in [0.2, 0.25) is 0 Å². The van der Waals surface area contributed by atoms with Crippen molar-refractivity contribution in [3.05, 3.63) is 59.7 Å². The van der Waals surface area contributed by atoms with E-state index in [2.05, 4.69) is 10.6 Å². The number of ether oxygens (including phenoxy) is 2. The molecular weight excluding hydrogens is 348 g/mol. The minimum absolute atomic E-state index is 0.188. The van der Waals surface area contributed by atoms with Gasteiger partial charge in [0.05, 0.1) is 25.2 Å². The second kappa shape index (κ2) is 9.96. The molecule has 7 heteroatoms. The lowest BCUT2D eigenvalue weighted by Crippen LogP contribution is -2.19. The van der Waals surface area contributed by atoms with Crippen molar-refractivity contribution < 1.29 is 23.9 Å². The van der Waals surface area contributed by atoms with Gasteiger partial charge in [0.15, 0.2) is 0 Å². The van der Waals surface area contributed by atoms with Crippen LogP contribution in [0.1, 0.15) is 29.8 Å². The second-order valence-electron chi connectivity index (χ2n) is 5.56. The smallest absolute Gasteiger partial charge is 0.338 e. The third kappa shape index (κ3) is 6.47. The zero-order valence-corrected chi connectivity index (χ0v) is 15.3. The molecule has 0 bridgehead atoms. The number of esters is 2. The molecule has 2 aromatic carbocycles. The maximum atomic E-state index is 12.1. The van der Waals surface area contributed by atoms with Crippen LogP contribution in [0.2, 0.25) is 0 Å². The standard InChI is InChI=1S/C20H22N2O5/c1-3-26-18(23)13-14-5-9-16(10-6-14)21-20(25)22-17-11-7-15(8-12-17)19(24)27-4-2/h5-12H,3-4,13H2,1-2H3,(H2,21,22,25). The molecule has 7 nitrogen and oxygen atoms in total. The molecule has 0 unspecified atom stereocenters. The third-order valence-corrected chi connectivity index (χ3v) is 3.52. The van der Waals surface area contributed by atoms with Gasteiger partial charge in [0, 0.05) is 11.4 Å². The predicted octanol–water partition coefficient (Wildman–Crippen LogP) is 3.61. The summed E-state index contributed by atoms with van der Waals surface area (Å²) >= 11 is 0. The van der Waals surface area contributed by atoms with E-state index in [4.69, 9.17) is 9.47 Å². The highest BCUT2D eigenvalue weighted by Crippen LogP contribution is 2.13. The lowest BCUT2D eigenvalue weighted by atomic mass is 10.1. The number of benzene rings is 2. The molecule has 0 aromatic heterocycles. The largest absolute Gasteiger partial charge is 0.466 e. The zero-order valence-electron chi connectivity index (χ0n) is 15.3. The number of carbonyl (C=O) groups is 3. The predicted molar refractivity (Wildman–Crippen MR) is 102 cm³/mol. The molecule has 0 fully saturated rings. The quantitative estimate of drug-likeness (QED) is 0.726. The first kappa shape index (κ1) is 20.0. The van der Waals surface area contributed by atoms with Crippen molar-refractivity contribution in [1.82, 2.24) is 0 Å². The summed E-state index contributed by atoms with van der Waals surface area (Å²) in [5, 5.41) is 5.37. The van der Waals surface area contributed by atoms with Crippen LogP contribution in [-0.2, 0) is 20.7 Å². The molecule has 2 rings (SSSR count).